The molecule has 106 valence electrons. The van der Waals surface area contributed by atoms with Crippen LogP contribution < -0.4 is 10.9 Å². The number of methoxy groups -OCH3 is 1. The molecule has 1 N–H and O–H groups in total. The van der Waals surface area contributed by atoms with Gasteiger partial charge in [-0.25, -0.2) is 4.98 Å². The van der Waals surface area contributed by atoms with Gasteiger partial charge in [-0.15, -0.1) is 0 Å². The fourth-order valence-electron chi connectivity index (χ4n) is 2.03. The predicted octanol–water partition coefficient (Wildman–Crippen LogP) is 0.548. The van der Waals surface area contributed by atoms with E-state index in [1.807, 2.05) is 19.1 Å². The smallest absolute Gasteiger partial charge is 0.269 e. The van der Waals surface area contributed by atoms with E-state index in [1.165, 1.54) is 10.8 Å². The number of hydrogen-bond acceptors (Lipinski definition) is 4. The molecule has 0 spiro atoms. The Labute approximate surface area is 116 Å². The number of benzene rings is 1. The third-order valence-corrected chi connectivity index (χ3v) is 2.88. The maximum atomic E-state index is 11.9. The van der Waals surface area contributed by atoms with E-state index in [2.05, 4.69) is 10.3 Å². The second kappa shape index (κ2) is 6.29. The summed E-state index contributed by atoms with van der Waals surface area (Å²) in [7, 11) is 1.57. The Hall–Kier alpha value is -2.21. The number of nitrogens with one attached hydrogen (secondary N) is 1. The molecule has 0 bridgehead atoms. The number of hydrogen-bond donors (Lipinski definition) is 1. The minimum atomic E-state index is -0.293. The van der Waals surface area contributed by atoms with Gasteiger partial charge < -0.3 is 10.1 Å². The molecular weight excluding hydrogens is 258 g/mol. The van der Waals surface area contributed by atoms with E-state index >= 15 is 0 Å². The zero-order chi connectivity index (χ0) is 14.5. The minimum absolute atomic E-state index is 0.0318. The highest BCUT2D eigenvalue weighted by molar-refractivity contribution is 5.80. The molecule has 1 aromatic heterocycles. The first kappa shape index (κ1) is 14.2. The zero-order valence-electron chi connectivity index (χ0n) is 11.5. The van der Waals surface area contributed by atoms with Crippen LogP contribution in [0.5, 0.6) is 0 Å². The van der Waals surface area contributed by atoms with Crippen molar-refractivity contribution < 1.29 is 9.53 Å². The summed E-state index contributed by atoms with van der Waals surface area (Å²) < 4.78 is 6.37. The highest BCUT2D eigenvalue weighted by Gasteiger charge is 2.11. The van der Waals surface area contributed by atoms with Crippen molar-refractivity contribution in [3.05, 3.63) is 40.8 Å². The Morgan fingerprint density at radius 2 is 2.20 bits per heavy atom. The van der Waals surface area contributed by atoms with Crippen LogP contribution in [0.3, 0.4) is 0 Å². The highest BCUT2D eigenvalue weighted by Crippen LogP contribution is 2.07. The highest BCUT2D eigenvalue weighted by atomic mass is 16.5. The lowest BCUT2D eigenvalue weighted by Gasteiger charge is -2.14. The number of rotatable bonds is 5. The monoisotopic (exact) mass is 275 g/mol. The van der Waals surface area contributed by atoms with Crippen LogP contribution >= 0.6 is 0 Å². The number of nitrogens with zero attached hydrogens (tertiary/aromatic N) is 2. The van der Waals surface area contributed by atoms with E-state index in [1.54, 1.807) is 19.2 Å². The molecule has 0 saturated carbocycles. The van der Waals surface area contributed by atoms with Crippen molar-refractivity contribution in [1.29, 1.82) is 0 Å². The van der Waals surface area contributed by atoms with Crippen LogP contribution in [0.2, 0.25) is 0 Å². The molecule has 0 aliphatic carbocycles. The maximum Gasteiger partial charge on any atom is 0.269 e. The van der Waals surface area contributed by atoms with Crippen molar-refractivity contribution in [3.63, 3.8) is 0 Å². The van der Waals surface area contributed by atoms with Gasteiger partial charge in [0.25, 0.3) is 5.56 Å². The third-order valence-electron chi connectivity index (χ3n) is 2.88. The summed E-state index contributed by atoms with van der Waals surface area (Å²) in [6.45, 7) is 2.24. The maximum absolute atomic E-state index is 11.9. The lowest BCUT2D eigenvalue weighted by Crippen LogP contribution is -2.39. The van der Waals surface area contributed by atoms with Crippen molar-refractivity contribution in [3.8, 4) is 0 Å². The summed E-state index contributed by atoms with van der Waals surface area (Å²) in [6, 6.07) is 7.12. The molecule has 0 aliphatic rings. The van der Waals surface area contributed by atoms with E-state index in [0.29, 0.717) is 17.6 Å². The van der Waals surface area contributed by atoms with Crippen molar-refractivity contribution in [1.82, 2.24) is 14.9 Å². The van der Waals surface area contributed by atoms with Crippen LogP contribution in [0, 0.1) is 0 Å². The van der Waals surface area contributed by atoms with Crippen LogP contribution in [0.4, 0.5) is 0 Å². The van der Waals surface area contributed by atoms with Crippen molar-refractivity contribution in [2.75, 3.05) is 13.7 Å². The molecule has 1 atom stereocenters. The molecule has 0 fully saturated rings. The molecule has 0 saturated heterocycles. The predicted molar refractivity (Wildman–Crippen MR) is 75.5 cm³/mol. The first-order valence-corrected chi connectivity index (χ1v) is 6.34. The number of carbonyl (C=O) groups excluding carboxylic acids is 1. The average Bonchev–Trinajstić information content (AvgIpc) is 2.42. The second-order valence-electron chi connectivity index (χ2n) is 4.60. The van der Waals surface area contributed by atoms with Gasteiger partial charge in [0.2, 0.25) is 5.91 Å². The van der Waals surface area contributed by atoms with E-state index in [9.17, 15) is 9.59 Å². The molecule has 2 rings (SSSR count). The van der Waals surface area contributed by atoms with Gasteiger partial charge in [-0.3, -0.25) is 14.2 Å². The van der Waals surface area contributed by atoms with Gasteiger partial charge >= 0.3 is 0 Å². The van der Waals surface area contributed by atoms with Crippen LogP contribution in [0.25, 0.3) is 11.0 Å². The molecule has 0 aliphatic heterocycles. The summed E-state index contributed by atoms with van der Waals surface area (Å²) in [4.78, 5) is 27.9. The summed E-state index contributed by atoms with van der Waals surface area (Å²) in [6.07, 6.45) is 1.23. The van der Waals surface area contributed by atoms with Crippen LogP contribution in [0.15, 0.2) is 35.3 Å². The number of ether oxygens (including phenoxy) is 1. The Morgan fingerprint density at radius 3 is 2.95 bits per heavy atom. The van der Waals surface area contributed by atoms with E-state index < -0.39 is 0 Å². The Morgan fingerprint density at radius 1 is 1.45 bits per heavy atom. The average molecular weight is 275 g/mol. The molecule has 0 unspecified atom stereocenters. The molecular formula is C14H17N3O3. The quantitative estimate of drug-likeness (QED) is 0.864. The first-order chi connectivity index (χ1) is 9.61. The lowest BCUT2D eigenvalue weighted by molar-refractivity contribution is -0.122. The minimum Gasteiger partial charge on any atom is -0.383 e. The van der Waals surface area contributed by atoms with E-state index in [-0.39, 0.29) is 24.1 Å². The Balaban J connectivity index is 2.23. The number of aromatic nitrogens is 2. The summed E-state index contributed by atoms with van der Waals surface area (Å²) in [5.41, 5.74) is 1.04. The van der Waals surface area contributed by atoms with E-state index in [0.717, 1.165) is 0 Å². The normalized spacial score (nSPS) is 12.3. The van der Waals surface area contributed by atoms with Crippen LogP contribution in [-0.4, -0.2) is 35.2 Å². The fraction of sp³-hybridized carbons (Fsp3) is 0.357. The first-order valence-electron chi connectivity index (χ1n) is 6.34. The molecule has 20 heavy (non-hydrogen) atoms. The molecule has 1 amide bonds. The van der Waals surface area contributed by atoms with Gasteiger partial charge in [-0.1, -0.05) is 12.1 Å². The zero-order valence-corrected chi connectivity index (χ0v) is 11.5. The van der Waals surface area contributed by atoms with Gasteiger partial charge in [-0.05, 0) is 19.1 Å². The molecule has 2 aromatic rings. The van der Waals surface area contributed by atoms with Gasteiger partial charge in [-0.2, -0.15) is 0 Å². The molecule has 1 aromatic carbocycles. The van der Waals surface area contributed by atoms with Gasteiger partial charge in [0.1, 0.15) is 6.54 Å². The van der Waals surface area contributed by atoms with Crippen LogP contribution in [0.1, 0.15) is 6.92 Å². The molecule has 6 heteroatoms. The number of para-hydroxylation sites is 2. The van der Waals surface area contributed by atoms with Crippen LogP contribution in [-0.2, 0) is 16.1 Å². The Kier molecular flexibility index (Phi) is 4.47. The summed E-state index contributed by atoms with van der Waals surface area (Å²) in [5, 5.41) is 2.78. The molecule has 0 radical (unpaired) electrons. The number of carbonyl (C=O) groups is 1. The van der Waals surface area contributed by atoms with Crippen molar-refractivity contribution in [2.45, 2.75) is 19.5 Å². The van der Waals surface area contributed by atoms with Crippen molar-refractivity contribution in [2.24, 2.45) is 0 Å². The largest absolute Gasteiger partial charge is 0.383 e. The van der Waals surface area contributed by atoms with Crippen molar-refractivity contribution >= 4 is 16.9 Å². The molecule has 6 nitrogen and oxygen atoms in total. The van der Waals surface area contributed by atoms with Gasteiger partial charge in [0.15, 0.2) is 0 Å². The summed E-state index contributed by atoms with van der Waals surface area (Å²) >= 11 is 0. The SMILES string of the molecule is COC[C@@H](C)NC(=O)Cn1c(=O)cnc2ccccc21. The van der Waals surface area contributed by atoms with Gasteiger partial charge in [0.05, 0.1) is 23.8 Å². The number of fused-ring (bicyclic) bond motifs is 1. The third kappa shape index (κ3) is 3.21. The number of amides is 1. The summed E-state index contributed by atoms with van der Waals surface area (Å²) in [5.74, 6) is -0.229. The molecule has 1 heterocycles. The fourth-order valence-corrected chi connectivity index (χ4v) is 2.03. The second-order valence-corrected chi connectivity index (χ2v) is 4.60. The topological polar surface area (TPSA) is 73.2 Å². The standard InChI is InChI=1S/C14H17N3O3/c1-10(9-20-2)16-13(18)8-17-12-6-4-3-5-11(12)15-7-14(17)19/h3-7,10H,8-9H2,1-2H3,(H,16,18)/t10-/m1/s1. The lowest BCUT2D eigenvalue weighted by atomic mass is 10.3. The Bertz CT molecular complexity index is 666. The van der Waals surface area contributed by atoms with Gasteiger partial charge in [0, 0.05) is 13.2 Å². The van der Waals surface area contributed by atoms with E-state index in [4.69, 9.17) is 4.74 Å².